The average molecular weight is 386 g/mol. The Labute approximate surface area is 162 Å². The molecule has 0 radical (unpaired) electrons. The van der Waals surface area contributed by atoms with Gasteiger partial charge in [0, 0.05) is 23.9 Å². The molecule has 3 N–H and O–H groups in total. The van der Waals surface area contributed by atoms with Crippen LogP contribution >= 0.6 is 11.6 Å². The van der Waals surface area contributed by atoms with E-state index in [1.807, 2.05) is 30.7 Å². The number of hydrogen-bond donors (Lipinski definition) is 2. The molecule has 27 heavy (non-hydrogen) atoms. The van der Waals surface area contributed by atoms with Crippen molar-refractivity contribution >= 4 is 28.9 Å². The molecule has 7 nitrogen and oxygen atoms in total. The van der Waals surface area contributed by atoms with Crippen molar-refractivity contribution in [2.24, 2.45) is 5.73 Å². The molecular formula is C19H20ClN5O2. The van der Waals surface area contributed by atoms with E-state index >= 15 is 0 Å². The number of nitrogens with two attached hydrogens (primary N) is 1. The second-order valence-corrected chi connectivity index (χ2v) is 6.31. The van der Waals surface area contributed by atoms with Crippen LogP contribution in [0.5, 0.6) is 5.75 Å². The lowest BCUT2D eigenvalue weighted by atomic mass is 10.1. The van der Waals surface area contributed by atoms with E-state index in [1.54, 1.807) is 24.4 Å². The highest BCUT2D eigenvalue weighted by Gasteiger charge is 2.13. The number of aryl methyl sites for hydroxylation is 2. The number of amides is 1. The Hall–Kier alpha value is -3.06. The minimum Gasteiger partial charge on any atom is -0.495 e. The Balaban J connectivity index is 1.99. The van der Waals surface area contributed by atoms with Crippen molar-refractivity contribution in [3.8, 4) is 17.0 Å². The molecule has 1 amide bonds. The molecule has 0 unspecified atom stereocenters. The summed E-state index contributed by atoms with van der Waals surface area (Å²) in [6, 6.07) is 8.81. The van der Waals surface area contributed by atoms with E-state index in [-0.39, 0.29) is 0 Å². The zero-order valence-corrected chi connectivity index (χ0v) is 16.0. The molecule has 0 atom stereocenters. The van der Waals surface area contributed by atoms with Crippen LogP contribution in [0.2, 0.25) is 5.15 Å². The summed E-state index contributed by atoms with van der Waals surface area (Å²) in [4.78, 5) is 15.6. The second kappa shape index (κ2) is 7.67. The normalized spacial score (nSPS) is 10.7. The first kappa shape index (κ1) is 18.7. The molecule has 0 aliphatic rings. The monoisotopic (exact) mass is 385 g/mol. The molecule has 8 heteroatoms. The molecular weight excluding hydrogens is 366 g/mol. The molecule has 0 fully saturated rings. The fraction of sp³-hybridized carbons (Fsp3) is 0.211. The van der Waals surface area contributed by atoms with Crippen LogP contribution in [0, 0.1) is 6.92 Å². The number of benzene rings is 1. The van der Waals surface area contributed by atoms with Crippen LogP contribution < -0.4 is 15.8 Å². The fourth-order valence-electron chi connectivity index (χ4n) is 2.79. The maximum atomic E-state index is 11.4. The first-order chi connectivity index (χ1) is 12.9. The third-order valence-corrected chi connectivity index (χ3v) is 4.39. The van der Waals surface area contributed by atoms with Crippen molar-refractivity contribution < 1.29 is 9.53 Å². The van der Waals surface area contributed by atoms with Crippen molar-refractivity contribution in [3.63, 3.8) is 0 Å². The van der Waals surface area contributed by atoms with Crippen LogP contribution in [0.1, 0.15) is 23.0 Å². The SMILES string of the molecule is CCn1nc(C)cc1-c1cnc(Cl)c(Nc2ccc(C(N)=O)cc2OC)c1. The first-order valence-corrected chi connectivity index (χ1v) is 8.76. The van der Waals surface area contributed by atoms with Crippen LogP contribution in [0.3, 0.4) is 0 Å². The number of hydrogen-bond acceptors (Lipinski definition) is 5. The Kier molecular flexibility index (Phi) is 5.32. The lowest BCUT2D eigenvalue weighted by Gasteiger charge is -2.14. The van der Waals surface area contributed by atoms with Gasteiger partial charge in [-0.05, 0) is 44.2 Å². The smallest absolute Gasteiger partial charge is 0.248 e. The predicted octanol–water partition coefficient (Wildman–Crippen LogP) is 3.78. The molecule has 1 aromatic carbocycles. The Bertz CT molecular complexity index is 1000. The standard InChI is InChI=1S/C19H20ClN5O2/c1-4-25-16(7-11(2)24-25)13-8-15(18(20)22-10-13)23-14-6-5-12(19(21)26)9-17(14)27-3/h5-10,23H,4H2,1-3H3,(H2,21,26). The largest absolute Gasteiger partial charge is 0.495 e. The number of pyridine rings is 1. The highest BCUT2D eigenvalue weighted by Crippen LogP contribution is 2.33. The summed E-state index contributed by atoms with van der Waals surface area (Å²) in [5.74, 6) is -0.0491. The van der Waals surface area contributed by atoms with Crippen LogP contribution in [0.25, 0.3) is 11.3 Å². The number of ether oxygens (including phenoxy) is 1. The number of rotatable bonds is 6. The van der Waals surface area contributed by atoms with E-state index in [0.717, 1.165) is 23.5 Å². The van der Waals surface area contributed by atoms with Crippen molar-refractivity contribution in [1.82, 2.24) is 14.8 Å². The van der Waals surface area contributed by atoms with Gasteiger partial charge in [0.05, 0.1) is 29.9 Å². The summed E-state index contributed by atoms with van der Waals surface area (Å²) in [6.45, 7) is 4.73. The number of nitrogens with zero attached hydrogens (tertiary/aromatic N) is 3. The van der Waals surface area contributed by atoms with E-state index < -0.39 is 5.91 Å². The van der Waals surface area contributed by atoms with Gasteiger partial charge in [0.25, 0.3) is 0 Å². The summed E-state index contributed by atoms with van der Waals surface area (Å²) < 4.78 is 7.26. The van der Waals surface area contributed by atoms with Gasteiger partial charge >= 0.3 is 0 Å². The van der Waals surface area contributed by atoms with Crippen LogP contribution in [0.4, 0.5) is 11.4 Å². The summed E-state index contributed by atoms with van der Waals surface area (Å²) >= 11 is 6.28. The molecule has 3 rings (SSSR count). The van der Waals surface area contributed by atoms with Crippen LogP contribution in [-0.2, 0) is 6.54 Å². The molecule has 140 valence electrons. The van der Waals surface area contributed by atoms with Gasteiger partial charge in [-0.15, -0.1) is 0 Å². The fourth-order valence-corrected chi connectivity index (χ4v) is 2.94. The average Bonchev–Trinajstić information content (AvgIpc) is 3.04. The highest BCUT2D eigenvalue weighted by molar-refractivity contribution is 6.32. The molecule has 3 aromatic rings. The third-order valence-electron chi connectivity index (χ3n) is 4.09. The number of primary amides is 1. The molecule has 0 spiro atoms. The molecule has 2 aromatic heterocycles. The maximum absolute atomic E-state index is 11.4. The Morgan fingerprint density at radius 3 is 2.74 bits per heavy atom. The summed E-state index contributed by atoms with van der Waals surface area (Å²) in [6.07, 6.45) is 1.71. The van der Waals surface area contributed by atoms with Gasteiger partial charge < -0.3 is 15.8 Å². The van der Waals surface area contributed by atoms with Gasteiger partial charge in [-0.3, -0.25) is 9.48 Å². The van der Waals surface area contributed by atoms with Crippen molar-refractivity contribution in [2.45, 2.75) is 20.4 Å². The van der Waals surface area contributed by atoms with Gasteiger partial charge in [-0.25, -0.2) is 4.98 Å². The van der Waals surface area contributed by atoms with E-state index in [9.17, 15) is 4.79 Å². The van der Waals surface area contributed by atoms with E-state index in [1.165, 1.54) is 7.11 Å². The molecule has 0 saturated carbocycles. The Morgan fingerprint density at radius 1 is 1.30 bits per heavy atom. The molecule has 0 aliphatic carbocycles. The van der Waals surface area contributed by atoms with Crippen molar-refractivity contribution in [2.75, 3.05) is 12.4 Å². The Morgan fingerprint density at radius 2 is 2.07 bits per heavy atom. The zero-order chi connectivity index (χ0) is 19.6. The van der Waals surface area contributed by atoms with Crippen molar-refractivity contribution in [3.05, 3.63) is 52.9 Å². The minimum absolute atomic E-state index is 0.319. The van der Waals surface area contributed by atoms with E-state index in [2.05, 4.69) is 15.4 Å². The van der Waals surface area contributed by atoms with E-state index in [4.69, 9.17) is 22.1 Å². The molecule has 0 aliphatic heterocycles. The molecule has 2 heterocycles. The third kappa shape index (κ3) is 3.88. The van der Waals surface area contributed by atoms with Crippen molar-refractivity contribution in [1.29, 1.82) is 0 Å². The summed E-state index contributed by atoms with van der Waals surface area (Å²) in [5.41, 5.74) is 9.71. The lowest BCUT2D eigenvalue weighted by Crippen LogP contribution is -2.11. The summed E-state index contributed by atoms with van der Waals surface area (Å²) in [5, 5.41) is 8.00. The number of aromatic nitrogens is 3. The number of carbonyl (C=O) groups is 1. The van der Waals surface area contributed by atoms with Crippen LogP contribution in [-0.4, -0.2) is 27.8 Å². The number of anilines is 2. The lowest BCUT2D eigenvalue weighted by molar-refractivity contribution is 0.1000. The number of halogens is 1. The number of methoxy groups -OCH3 is 1. The van der Waals surface area contributed by atoms with E-state index in [0.29, 0.717) is 27.8 Å². The highest BCUT2D eigenvalue weighted by atomic mass is 35.5. The van der Waals surface area contributed by atoms with Gasteiger partial charge in [-0.1, -0.05) is 11.6 Å². The molecule has 0 saturated heterocycles. The summed E-state index contributed by atoms with van der Waals surface area (Å²) in [7, 11) is 1.52. The topological polar surface area (TPSA) is 95.1 Å². The maximum Gasteiger partial charge on any atom is 0.248 e. The number of carbonyl (C=O) groups excluding carboxylic acids is 1. The quantitative estimate of drug-likeness (QED) is 0.629. The minimum atomic E-state index is -0.523. The van der Waals surface area contributed by atoms with Gasteiger partial charge in [-0.2, -0.15) is 5.10 Å². The van der Waals surface area contributed by atoms with Crippen LogP contribution in [0.15, 0.2) is 36.5 Å². The van der Waals surface area contributed by atoms with Gasteiger partial charge in [0.15, 0.2) is 5.15 Å². The molecule has 0 bridgehead atoms. The second-order valence-electron chi connectivity index (χ2n) is 5.95. The zero-order valence-electron chi connectivity index (χ0n) is 15.3. The van der Waals surface area contributed by atoms with Gasteiger partial charge in [0.1, 0.15) is 5.75 Å². The number of nitrogens with one attached hydrogen (secondary N) is 1. The first-order valence-electron chi connectivity index (χ1n) is 8.38. The predicted molar refractivity (Wildman–Crippen MR) is 106 cm³/mol. The van der Waals surface area contributed by atoms with Gasteiger partial charge in [0.2, 0.25) is 5.91 Å².